The number of ether oxygens (including phenoxy) is 1. The van der Waals surface area contributed by atoms with Crippen molar-refractivity contribution < 1.29 is 14.6 Å². The van der Waals surface area contributed by atoms with Crippen molar-refractivity contribution in [3.05, 3.63) is 33.8 Å². The van der Waals surface area contributed by atoms with Crippen LogP contribution in [0.2, 0.25) is 10.0 Å². The SMILES string of the molecule is CCCC1(c2ccc(Cl)cc2Cl)OC1C(=O)O. The predicted molar refractivity (Wildman–Crippen MR) is 65.6 cm³/mol. The summed E-state index contributed by atoms with van der Waals surface area (Å²) in [6, 6.07) is 5.04. The molecule has 92 valence electrons. The van der Waals surface area contributed by atoms with Crippen molar-refractivity contribution in [1.82, 2.24) is 0 Å². The smallest absolute Gasteiger partial charge is 0.336 e. The molecule has 0 amide bonds. The third-order valence-electron chi connectivity index (χ3n) is 2.93. The zero-order valence-electron chi connectivity index (χ0n) is 9.24. The lowest BCUT2D eigenvalue weighted by Gasteiger charge is -2.13. The van der Waals surface area contributed by atoms with Crippen LogP contribution in [0.4, 0.5) is 0 Å². The molecule has 3 nitrogen and oxygen atoms in total. The van der Waals surface area contributed by atoms with Crippen LogP contribution in [-0.2, 0) is 15.1 Å². The van der Waals surface area contributed by atoms with Gasteiger partial charge in [0, 0.05) is 15.6 Å². The van der Waals surface area contributed by atoms with E-state index in [1.807, 2.05) is 6.92 Å². The highest BCUT2D eigenvalue weighted by Crippen LogP contribution is 2.52. The lowest BCUT2D eigenvalue weighted by atomic mass is 9.91. The molecule has 1 heterocycles. The summed E-state index contributed by atoms with van der Waals surface area (Å²) in [6.07, 6.45) is 0.648. The molecule has 1 aromatic rings. The van der Waals surface area contributed by atoms with Gasteiger partial charge in [-0.1, -0.05) is 42.6 Å². The monoisotopic (exact) mass is 274 g/mol. The summed E-state index contributed by atoms with van der Waals surface area (Å²) < 4.78 is 5.39. The van der Waals surface area contributed by atoms with E-state index in [2.05, 4.69) is 0 Å². The third-order valence-corrected chi connectivity index (χ3v) is 3.47. The normalized spacial score (nSPS) is 26.9. The van der Waals surface area contributed by atoms with Crippen LogP contribution in [0.5, 0.6) is 0 Å². The number of carboxylic acids is 1. The number of hydrogen-bond donors (Lipinski definition) is 1. The van der Waals surface area contributed by atoms with Crippen molar-refractivity contribution in [2.45, 2.75) is 31.5 Å². The van der Waals surface area contributed by atoms with Gasteiger partial charge in [-0.15, -0.1) is 0 Å². The third kappa shape index (κ3) is 2.15. The molecule has 1 saturated heterocycles. The van der Waals surface area contributed by atoms with Gasteiger partial charge in [0.2, 0.25) is 0 Å². The number of carboxylic acid groups (broad SMARTS) is 1. The summed E-state index contributed by atoms with van der Waals surface area (Å²) in [4.78, 5) is 11.0. The Morgan fingerprint density at radius 2 is 2.24 bits per heavy atom. The summed E-state index contributed by atoms with van der Waals surface area (Å²) in [5, 5.41) is 10.0. The van der Waals surface area contributed by atoms with Crippen LogP contribution in [0.25, 0.3) is 0 Å². The number of halogens is 2. The largest absolute Gasteiger partial charge is 0.479 e. The molecular weight excluding hydrogens is 263 g/mol. The average molecular weight is 275 g/mol. The van der Waals surface area contributed by atoms with Gasteiger partial charge in [0.25, 0.3) is 0 Å². The molecule has 0 aliphatic carbocycles. The van der Waals surface area contributed by atoms with Crippen LogP contribution in [-0.4, -0.2) is 17.2 Å². The van der Waals surface area contributed by atoms with Gasteiger partial charge in [0.15, 0.2) is 6.10 Å². The second-order valence-electron chi connectivity index (χ2n) is 4.10. The van der Waals surface area contributed by atoms with Crippen LogP contribution in [0.1, 0.15) is 25.3 Å². The first-order valence-electron chi connectivity index (χ1n) is 5.37. The van der Waals surface area contributed by atoms with Crippen molar-refractivity contribution >= 4 is 29.2 Å². The lowest BCUT2D eigenvalue weighted by Crippen LogP contribution is -2.19. The minimum absolute atomic E-state index is 0.453. The number of benzene rings is 1. The predicted octanol–water partition coefficient (Wildman–Crippen LogP) is 3.47. The summed E-state index contributed by atoms with van der Waals surface area (Å²) >= 11 is 11.9. The second-order valence-corrected chi connectivity index (χ2v) is 4.94. The maximum atomic E-state index is 11.0. The zero-order chi connectivity index (χ0) is 12.6. The highest BCUT2D eigenvalue weighted by molar-refractivity contribution is 6.35. The Labute approximate surface area is 109 Å². The molecule has 1 aliphatic heterocycles. The fourth-order valence-corrected chi connectivity index (χ4v) is 2.73. The van der Waals surface area contributed by atoms with Crippen LogP contribution >= 0.6 is 23.2 Å². The maximum Gasteiger partial charge on any atom is 0.336 e. The first-order valence-corrected chi connectivity index (χ1v) is 6.13. The van der Waals surface area contributed by atoms with Gasteiger partial charge < -0.3 is 9.84 Å². The molecule has 0 spiro atoms. The molecule has 1 fully saturated rings. The Bertz CT molecular complexity index is 461. The molecule has 17 heavy (non-hydrogen) atoms. The molecule has 5 heteroatoms. The van der Waals surface area contributed by atoms with Gasteiger partial charge in [0.05, 0.1) is 0 Å². The molecule has 2 atom stereocenters. The van der Waals surface area contributed by atoms with E-state index in [4.69, 9.17) is 33.0 Å². The number of rotatable bonds is 4. The summed E-state index contributed by atoms with van der Waals surface area (Å²) in [7, 11) is 0. The van der Waals surface area contributed by atoms with E-state index in [1.54, 1.807) is 18.2 Å². The van der Waals surface area contributed by atoms with Crippen LogP contribution < -0.4 is 0 Å². The van der Waals surface area contributed by atoms with Gasteiger partial charge >= 0.3 is 5.97 Å². The first-order chi connectivity index (χ1) is 8.01. The second kappa shape index (κ2) is 4.48. The maximum absolute atomic E-state index is 11.0. The van der Waals surface area contributed by atoms with Gasteiger partial charge in [-0.25, -0.2) is 4.79 Å². The van der Waals surface area contributed by atoms with Crippen molar-refractivity contribution in [1.29, 1.82) is 0 Å². The minimum atomic E-state index is -0.954. The molecule has 0 bridgehead atoms. The fourth-order valence-electron chi connectivity index (χ4n) is 2.16. The number of epoxide rings is 1. The molecule has 1 aliphatic rings. The molecule has 1 N–H and O–H groups in total. The first kappa shape index (κ1) is 12.7. The molecule has 2 rings (SSSR count). The van der Waals surface area contributed by atoms with Crippen molar-refractivity contribution in [2.24, 2.45) is 0 Å². The Morgan fingerprint density at radius 3 is 2.71 bits per heavy atom. The van der Waals surface area contributed by atoms with Crippen molar-refractivity contribution in [2.75, 3.05) is 0 Å². The molecule has 0 radical (unpaired) electrons. The van der Waals surface area contributed by atoms with E-state index in [0.717, 1.165) is 6.42 Å². The number of hydrogen-bond acceptors (Lipinski definition) is 2. The highest BCUT2D eigenvalue weighted by Gasteiger charge is 2.62. The van der Waals surface area contributed by atoms with Crippen molar-refractivity contribution in [3.63, 3.8) is 0 Å². The molecular formula is C12H12Cl2O3. The van der Waals surface area contributed by atoms with Gasteiger partial charge in [-0.3, -0.25) is 0 Å². The van der Waals surface area contributed by atoms with E-state index in [0.29, 0.717) is 22.0 Å². The Kier molecular flexibility index (Phi) is 3.34. The Hall–Kier alpha value is -0.770. The quantitative estimate of drug-likeness (QED) is 0.856. The summed E-state index contributed by atoms with van der Waals surface area (Å²) in [5.41, 5.74) is -0.0692. The zero-order valence-corrected chi connectivity index (χ0v) is 10.8. The van der Waals surface area contributed by atoms with Crippen LogP contribution in [0.15, 0.2) is 18.2 Å². The van der Waals surface area contributed by atoms with Crippen LogP contribution in [0, 0.1) is 0 Å². The van der Waals surface area contributed by atoms with Gasteiger partial charge in [-0.05, 0) is 18.6 Å². The highest BCUT2D eigenvalue weighted by atomic mass is 35.5. The topological polar surface area (TPSA) is 49.8 Å². The molecule has 2 unspecified atom stereocenters. The van der Waals surface area contributed by atoms with E-state index < -0.39 is 17.7 Å². The van der Waals surface area contributed by atoms with Crippen molar-refractivity contribution in [3.8, 4) is 0 Å². The van der Waals surface area contributed by atoms with E-state index in [9.17, 15) is 4.79 Å². The average Bonchev–Trinajstić information content (AvgIpc) is 2.94. The Morgan fingerprint density at radius 1 is 1.53 bits per heavy atom. The number of carbonyl (C=O) groups is 1. The van der Waals surface area contributed by atoms with E-state index in [1.165, 1.54) is 0 Å². The summed E-state index contributed by atoms with van der Waals surface area (Å²) in [5.74, 6) is -0.954. The number of aliphatic carboxylic acids is 1. The van der Waals surface area contributed by atoms with Gasteiger partial charge in [0.1, 0.15) is 5.60 Å². The van der Waals surface area contributed by atoms with Gasteiger partial charge in [-0.2, -0.15) is 0 Å². The Balaban J connectivity index is 2.38. The molecule has 0 aromatic heterocycles. The standard InChI is InChI=1S/C12H12Cl2O3/c1-2-5-12(10(17-12)11(15)16)8-4-3-7(13)6-9(8)14/h3-4,6,10H,2,5H2,1H3,(H,15,16). The molecule has 0 saturated carbocycles. The van der Waals surface area contributed by atoms with E-state index in [-0.39, 0.29) is 0 Å². The summed E-state index contributed by atoms with van der Waals surface area (Å²) in [6.45, 7) is 1.98. The van der Waals surface area contributed by atoms with E-state index >= 15 is 0 Å². The minimum Gasteiger partial charge on any atom is -0.479 e. The fraction of sp³-hybridized carbons (Fsp3) is 0.417. The van der Waals surface area contributed by atoms with Crippen LogP contribution in [0.3, 0.4) is 0 Å². The molecule has 1 aromatic carbocycles. The lowest BCUT2D eigenvalue weighted by molar-refractivity contribution is -0.138.